The number of carboxylic acids is 1. The van der Waals surface area contributed by atoms with Gasteiger partial charge in [0.25, 0.3) is 0 Å². The van der Waals surface area contributed by atoms with Gasteiger partial charge in [-0.25, -0.2) is 4.79 Å². The summed E-state index contributed by atoms with van der Waals surface area (Å²) >= 11 is 0. The Balaban J connectivity index is 1.92. The molecule has 0 saturated carbocycles. The van der Waals surface area contributed by atoms with Gasteiger partial charge in [0.2, 0.25) is 0 Å². The summed E-state index contributed by atoms with van der Waals surface area (Å²) in [7, 11) is 0. The van der Waals surface area contributed by atoms with Crippen LogP contribution in [0.25, 0.3) is 5.57 Å². The molecule has 23 heavy (non-hydrogen) atoms. The first-order valence-corrected chi connectivity index (χ1v) is 8.11. The van der Waals surface area contributed by atoms with E-state index < -0.39 is 11.6 Å². The van der Waals surface area contributed by atoms with Crippen LogP contribution < -0.4 is 0 Å². The third kappa shape index (κ3) is 4.78. The molecule has 1 unspecified atom stereocenters. The zero-order valence-corrected chi connectivity index (χ0v) is 13.3. The van der Waals surface area contributed by atoms with Crippen LogP contribution in [-0.4, -0.2) is 35.0 Å². The number of hydrogen-bond donors (Lipinski definition) is 2. The predicted molar refractivity (Wildman–Crippen MR) is 90.0 cm³/mol. The van der Waals surface area contributed by atoms with E-state index >= 15 is 0 Å². The number of aliphatic hydroxyl groups is 1. The summed E-state index contributed by atoms with van der Waals surface area (Å²) in [5, 5.41) is 18.3. The van der Waals surface area contributed by atoms with Crippen molar-refractivity contribution in [2.24, 2.45) is 0 Å². The Labute approximate surface area is 137 Å². The molecule has 2 rings (SSSR count). The van der Waals surface area contributed by atoms with E-state index in [9.17, 15) is 9.90 Å². The summed E-state index contributed by atoms with van der Waals surface area (Å²) in [6.45, 7) is 0.617. The molecule has 0 bridgehead atoms. The first-order valence-electron chi connectivity index (χ1n) is 8.11. The highest BCUT2D eigenvalue weighted by Crippen LogP contribution is 2.30. The Kier molecular flexibility index (Phi) is 6.56. The minimum atomic E-state index is -1.25. The van der Waals surface area contributed by atoms with Crippen LogP contribution >= 0.6 is 0 Å². The van der Waals surface area contributed by atoms with Gasteiger partial charge in [-0.3, -0.25) is 0 Å². The van der Waals surface area contributed by atoms with Crippen molar-refractivity contribution in [3.63, 3.8) is 0 Å². The van der Waals surface area contributed by atoms with Crippen molar-refractivity contribution in [1.29, 1.82) is 0 Å². The van der Waals surface area contributed by atoms with E-state index in [1.54, 1.807) is 6.08 Å². The predicted octanol–water partition coefficient (Wildman–Crippen LogP) is 3.42. The van der Waals surface area contributed by atoms with E-state index in [0.717, 1.165) is 36.8 Å². The van der Waals surface area contributed by atoms with Gasteiger partial charge in [0.1, 0.15) is 0 Å². The highest BCUT2D eigenvalue weighted by molar-refractivity contribution is 5.85. The molecule has 0 aromatic heterocycles. The fourth-order valence-electron chi connectivity index (χ4n) is 2.62. The highest BCUT2D eigenvalue weighted by atomic mass is 16.5. The van der Waals surface area contributed by atoms with Crippen molar-refractivity contribution in [1.82, 2.24) is 0 Å². The molecule has 1 aliphatic carbocycles. The van der Waals surface area contributed by atoms with E-state index in [-0.39, 0.29) is 6.61 Å². The maximum atomic E-state index is 11.6. The molecule has 1 aliphatic rings. The normalized spacial score (nSPS) is 20.3. The third-order valence-corrected chi connectivity index (χ3v) is 4.04. The van der Waals surface area contributed by atoms with Crippen LogP contribution in [-0.2, 0) is 9.53 Å². The number of carbonyl (C=O) groups is 1. The van der Waals surface area contributed by atoms with Gasteiger partial charge in [0.05, 0.1) is 0 Å². The van der Waals surface area contributed by atoms with Crippen LogP contribution in [0.15, 0.2) is 48.6 Å². The van der Waals surface area contributed by atoms with E-state index in [2.05, 4.69) is 0 Å². The summed E-state index contributed by atoms with van der Waals surface area (Å²) in [6, 6.07) is 9.90. The average Bonchev–Trinajstić information content (AvgIpc) is 2.59. The van der Waals surface area contributed by atoms with Crippen molar-refractivity contribution >= 4 is 11.5 Å². The first-order chi connectivity index (χ1) is 11.2. The molecule has 4 nitrogen and oxygen atoms in total. The average molecular weight is 316 g/mol. The van der Waals surface area contributed by atoms with Crippen LogP contribution in [0.2, 0.25) is 0 Å². The fraction of sp³-hybridized carbons (Fsp3) is 0.421. The molecule has 2 N–H and O–H groups in total. The smallest absolute Gasteiger partial charge is 0.340 e. The molecule has 0 amide bonds. The third-order valence-electron chi connectivity index (χ3n) is 4.04. The van der Waals surface area contributed by atoms with E-state index in [4.69, 9.17) is 9.84 Å². The standard InChI is InChI=1S/C19H24O4/c20-14-6-1-2-7-15-23-19(18(21)22)12-10-17(11-13-19)16-8-4-3-5-9-16/h3-5,8-12,20H,1-2,6-7,13-15H2,(H,21,22). The second-order valence-electron chi connectivity index (χ2n) is 5.74. The van der Waals surface area contributed by atoms with Gasteiger partial charge in [0.15, 0.2) is 5.60 Å². The summed E-state index contributed by atoms with van der Waals surface area (Å²) in [5.74, 6) is -0.951. The molecule has 1 atom stereocenters. The molecular formula is C19H24O4. The Morgan fingerprint density at radius 2 is 1.87 bits per heavy atom. The van der Waals surface area contributed by atoms with Gasteiger partial charge in [-0.1, -0.05) is 55.3 Å². The van der Waals surface area contributed by atoms with Crippen molar-refractivity contribution in [3.05, 3.63) is 54.1 Å². The van der Waals surface area contributed by atoms with Crippen molar-refractivity contribution in [2.75, 3.05) is 13.2 Å². The lowest BCUT2D eigenvalue weighted by molar-refractivity contribution is -0.159. The van der Waals surface area contributed by atoms with Gasteiger partial charge in [0, 0.05) is 19.6 Å². The summed E-state index contributed by atoms with van der Waals surface area (Å²) in [5.41, 5.74) is 0.843. The van der Waals surface area contributed by atoms with E-state index in [0.29, 0.717) is 13.0 Å². The molecule has 4 heteroatoms. The molecular weight excluding hydrogens is 292 g/mol. The number of aliphatic carboxylic acids is 1. The quantitative estimate of drug-likeness (QED) is 0.685. The summed E-state index contributed by atoms with van der Waals surface area (Å²) in [4.78, 5) is 11.6. The van der Waals surface area contributed by atoms with Gasteiger partial charge in [-0.05, 0) is 30.1 Å². The molecule has 0 radical (unpaired) electrons. The molecule has 1 aromatic carbocycles. The molecule has 0 spiro atoms. The highest BCUT2D eigenvalue weighted by Gasteiger charge is 2.37. The van der Waals surface area contributed by atoms with Crippen molar-refractivity contribution in [2.45, 2.75) is 37.7 Å². The fourth-order valence-corrected chi connectivity index (χ4v) is 2.62. The number of rotatable bonds is 9. The van der Waals surface area contributed by atoms with Crippen LogP contribution in [0.4, 0.5) is 0 Å². The number of hydrogen-bond acceptors (Lipinski definition) is 3. The maximum Gasteiger partial charge on any atom is 0.340 e. The molecule has 0 saturated heterocycles. The lowest BCUT2D eigenvalue weighted by Crippen LogP contribution is -2.40. The Morgan fingerprint density at radius 1 is 1.13 bits per heavy atom. The first kappa shape index (κ1) is 17.4. The molecule has 0 heterocycles. The number of ether oxygens (including phenoxy) is 1. The van der Waals surface area contributed by atoms with E-state index in [1.807, 2.05) is 42.5 Å². The second kappa shape index (κ2) is 8.65. The van der Waals surface area contributed by atoms with Gasteiger partial charge in [-0.15, -0.1) is 0 Å². The van der Waals surface area contributed by atoms with Gasteiger partial charge in [-0.2, -0.15) is 0 Å². The van der Waals surface area contributed by atoms with Crippen molar-refractivity contribution < 1.29 is 19.7 Å². The lowest BCUT2D eigenvalue weighted by atomic mass is 9.89. The zero-order valence-electron chi connectivity index (χ0n) is 13.3. The monoisotopic (exact) mass is 316 g/mol. The largest absolute Gasteiger partial charge is 0.479 e. The van der Waals surface area contributed by atoms with Crippen LogP contribution in [0, 0.1) is 0 Å². The number of allylic oxidation sites excluding steroid dienone is 2. The van der Waals surface area contributed by atoms with E-state index in [1.165, 1.54) is 0 Å². The Hall–Kier alpha value is -1.91. The number of carboxylic acid groups (broad SMARTS) is 1. The van der Waals surface area contributed by atoms with Crippen molar-refractivity contribution in [3.8, 4) is 0 Å². The molecule has 0 aliphatic heterocycles. The van der Waals surface area contributed by atoms with Gasteiger partial charge < -0.3 is 14.9 Å². The minimum Gasteiger partial charge on any atom is -0.479 e. The number of aliphatic hydroxyl groups excluding tert-OH is 1. The second-order valence-corrected chi connectivity index (χ2v) is 5.74. The summed E-state index contributed by atoms with van der Waals surface area (Å²) < 4.78 is 5.70. The topological polar surface area (TPSA) is 66.8 Å². The van der Waals surface area contributed by atoms with Gasteiger partial charge >= 0.3 is 5.97 Å². The number of benzene rings is 1. The minimum absolute atomic E-state index is 0.204. The Morgan fingerprint density at radius 3 is 2.48 bits per heavy atom. The van der Waals surface area contributed by atoms with Crippen LogP contribution in [0.5, 0.6) is 0 Å². The summed E-state index contributed by atoms with van der Waals surface area (Å²) in [6.07, 6.45) is 9.21. The SMILES string of the molecule is O=C(O)C1(OCCCCCCO)C=CC(c2ccccc2)=CC1. The molecule has 1 aromatic rings. The molecule has 0 fully saturated rings. The lowest BCUT2D eigenvalue weighted by Gasteiger charge is -2.28. The van der Waals surface area contributed by atoms with Crippen LogP contribution in [0.1, 0.15) is 37.7 Å². The zero-order chi connectivity index (χ0) is 16.5. The van der Waals surface area contributed by atoms with Crippen LogP contribution in [0.3, 0.4) is 0 Å². The number of unbranched alkanes of at least 4 members (excludes halogenated alkanes) is 3. The molecule has 124 valence electrons. The Bertz CT molecular complexity index is 562. The maximum absolute atomic E-state index is 11.6.